The van der Waals surface area contributed by atoms with Gasteiger partial charge in [0.05, 0.1) is 5.88 Å². The summed E-state index contributed by atoms with van der Waals surface area (Å²) in [4.78, 5) is 0. The molecule has 1 radical (unpaired) electrons. The Morgan fingerprint density at radius 1 is 2.00 bits per heavy atom. The molecule has 0 fully saturated rings. The van der Waals surface area contributed by atoms with Gasteiger partial charge in [0.15, 0.2) is 0 Å². The average molecular weight is 133 g/mol. The van der Waals surface area contributed by atoms with Crippen LogP contribution in [0.25, 0.3) is 0 Å². The van der Waals surface area contributed by atoms with Crippen molar-refractivity contribution in [2.45, 2.75) is 5.88 Å². The summed E-state index contributed by atoms with van der Waals surface area (Å²) in [6.07, 6.45) is 2.72. The molecule has 0 saturated heterocycles. The van der Waals surface area contributed by atoms with E-state index < -0.39 is 0 Å². The smallest absolute Gasteiger partial charge is 0.108 e. The molecule has 0 aliphatic rings. The van der Waals surface area contributed by atoms with E-state index in [0.29, 0.717) is 5.88 Å². The lowest BCUT2D eigenvalue weighted by atomic mass is 10.4. The lowest BCUT2D eigenvalue weighted by molar-refractivity contribution is 1.38. The highest BCUT2D eigenvalue weighted by atomic mass is 35.5. The zero-order valence-electron chi connectivity index (χ0n) is 3.52. The SMILES string of the molecule is ClCc1[c]nsc1. The summed E-state index contributed by atoms with van der Waals surface area (Å²) in [5, 5.41) is 1.88. The first-order chi connectivity index (χ1) is 3.43. The lowest BCUT2D eigenvalue weighted by Gasteiger charge is -1.73. The van der Waals surface area contributed by atoms with Gasteiger partial charge < -0.3 is 0 Å². The zero-order chi connectivity index (χ0) is 5.11. The quantitative estimate of drug-likeness (QED) is 0.530. The topological polar surface area (TPSA) is 12.9 Å². The van der Waals surface area contributed by atoms with Gasteiger partial charge in [0.1, 0.15) is 6.20 Å². The molecule has 0 spiro atoms. The summed E-state index contributed by atoms with van der Waals surface area (Å²) in [5.74, 6) is 0.524. The van der Waals surface area contributed by atoms with Crippen molar-refractivity contribution >= 4 is 23.1 Å². The maximum atomic E-state index is 5.40. The molecule has 0 saturated carbocycles. The van der Waals surface area contributed by atoms with Gasteiger partial charge in [-0.3, -0.25) is 0 Å². The van der Waals surface area contributed by atoms with Gasteiger partial charge in [0.25, 0.3) is 0 Å². The van der Waals surface area contributed by atoms with Gasteiger partial charge in [0.2, 0.25) is 0 Å². The molecular weight excluding hydrogens is 130 g/mol. The molecule has 3 heteroatoms. The third-order valence-corrected chi connectivity index (χ3v) is 1.46. The molecule has 0 aromatic carbocycles. The number of halogens is 1. The maximum absolute atomic E-state index is 5.40. The fraction of sp³-hybridized carbons (Fsp3) is 0.250. The molecule has 37 valence electrons. The molecule has 0 aliphatic carbocycles. The van der Waals surface area contributed by atoms with E-state index in [1.54, 1.807) is 0 Å². The van der Waals surface area contributed by atoms with Gasteiger partial charge in [-0.25, -0.2) is 0 Å². The monoisotopic (exact) mass is 132 g/mol. The summed E-state index contributed by atoms with van der Waals surface area (Å²) in [6, 6.07) is 0. The molecule has 7 heavy (non-hydrogen) atoms. The average Bonchev–Trinajstić information content (AvgIpc) is 2.14. The number of nitrogens with zero attached hydrogens (tertiary/aromatic N) is 1. The number of hydrogen-bond acceptors (Lipinski definition) is 2. The Balaban J connectivity index is 2.76. The van der Waals surface area contributed by atoms with Crippen LogP contribution in [0.4, 0.5) is 0 Å². The number of alkyl halides is 1. The highest BCUT2D eigenvalue weighted by molar-refractivity contribution is 7.03. The highest BCUT2D eigenvalue weighted by Gasteiger charge is 1.86. The molecule has 0 N–H and O–H groups in total. The molecule has 1 rings (SSSR count). The second kappa shape index (κ2) is 2.28. The van der Waals surface area contributed by atoms with E-state index in [2.05, 4.69) is 10.6 Å². The molecule has 0 atom stereocenters. The minimum Gasteiger partial charge on any atom is -0.191 e. The standard InChI is InChI=1S/C4H3ClNS/c5-1-4-2-6-7-3-4/h3H,1H2. The minimum absolute atomic E-state index is 0.524. The molecule has 0 amide bonds. The van der Waals surface area contributed by atoms with E-state index in [0.717, 1.165) is 5.56 Å². The maximum Gasteiger partial charge on any atom is 0.108 e. The number of aromatic nitrogens is 1. The van der Waals surface area contributed by atoms with Crippen LogP contribution in [-0.2, 0) is 5.88 Å². The number of rotatable bonds is 1. The second-order valence-corrected chi connectivity index (χ2v) is 1.98. The highest BCUT2D eigenvalue weighted by Crippen LogP contribution is 2.02. The first kappa shape index (κ1) is 5.06. The second-order valence-electron chi connectivity index (χ2n) is 1.09. The molecule has 0 aliphatic heterocycles. The van der Waals surface area contributed by atoms with Crippen molar-refractivity contribution in [1.82, 2.24) is 4.37 Å². The van der Waals surface area contributed by atoms with Gasteiger partial charge >= 0.3 is 0 Å². The Kier molecular flexibility index (Phi) is 1.65. The van der Waals surface area contributed by atoms with Crippen molar-refractivity contribution < 1.29 is 0 Å². The van der Waals surface area contributed by atoms with Crippen LogP contribution >= 0.6 is 23.1 Å². The van der Waals surface area contributed by atoms with Crippen LogP contribution in [0.15, 0.2) is 5.38 Å². The summed E-state index contributed by atoms with van der Waals surface area (Å²) in [5.41, 5.74) is 0.978. The van der Waals surface area contributed by atoms with E-state index in [9.17, 15) is 0 Å². The predicted molar refractivity (Wildman–Crippen MR) is 30.5 cm³/mol. The van der Waals surface area contributed by atoms with Gasteiger partial charge in [-0.05, 0) is 11.5 Å². The van der Waals surface area contributed by atoms with Crippen LogP contribution in [-0.4, -0.2) is 4.37 Å². The Morgan fingerprint density at radius 2 is 2.86 bits per heavy atom. The van der Waals surface area contributed by atoms with E-state index in [1.807, 2.05) is 5.38 Å². The van der Waals surface area contributed by atoms with Crippen LogP contribution in [0.1, 0.15) is 5.56 Å². The minimum atomic E-state index is 0.524. The van der Waals surface area contributed by atoms with E-state index in [4.69, 9.17) is 11.6 Å². The Bertz CT molecular complexity index is 126. The van der Waals surface area contributed by atoms with Crippen LogP contribution in [0.3, 0.4) is 0 Å². The number of hydrogen-bond donors (Lipinski definition) is 0. The molecular formula is C4H3ClNS. The Labute approximate surface area is 51.1 Å². The van der Waals surface area contributed by atoms with Crippen molar-refractivity contribution in [2.75, 3.05) is 0 Å². The summed E-state index contributed by atoms with van der Waals surface area (Å²) in [7, 11) is 0. The van der Waals surface area contributed by atoms with Crippen molar-refractivity contribution in [3.8, 4) is 0 Å². The molecule has 1 aromatic heterocycles. The fourth-order valence-electron chi connectivity index (χ4n) is 0.263. The normalized spacial score (nSPS) is 9.29. The largest absolute Gasteiger partial charge is 0.191 e. The van der Waals surface area contributed by atoms with Crippen LogP contribution < -0.4 is 0 Å². The molecule has 1 heterocycles. The van der Waals surface area contributed by atoms with E-state index in [-0.39, 0.29) is 0 Å². The van der Waals surface area contributed by atoms with Gasteiger partial charge in [-0.1, -0.05) is 0 Å². The van der Waals surface area contributed by atoms with Gasteiger partial charge in [-0.2, -0.15) is 4.37 Å². The third kappa shape index (κ3) is 1.14. The molecule has 0 bridgehead atoms. The van der Waals surface area contributed by atoms with Gasteiger partial charge in [0, 0.05) is 10.9 Å². The Morgan fingerprint density at radius 3 is 3.14 bits per heavy atom. The summed E-state index contributed by atoms with van der Waals surface area (Å²) in [6.45, 7) is 0. The van der Waals surface area contributed by atoms with Crippen LogP contribution in [0.2, 0.25) is 0 Å². The van der Waals surface area contributed by atoms with Crippen molar-refractivity contribution in [3.63, 3.8) is 0 Å². The fourth-order valence-corrected chi connectivity index (χ4v) is 0.977. The summed E-state index contributed by atoms with van der Waals surface area (Å²) < 4.78 is 3.73. The van der Waals surface area contributed by atoms with E-state index in [1.165, 1.54) is 11.5 Å². The van der Waals surface area contributed by atoms with Crippen molar-refractivity contribution in [1.29, 1.82) is 0 Å². The first-order valence-corrected chi connectivity index (χ1v) is 3.17. The van der Waals surface area contributed by atoms with Crippen LogP contribution in [0, 0.1) is 6.20 Å². The molecule has 0 unspecified atom stereocenters. The van der Waals surface area contributed by atoms with E-state index >= 15 is 0 Å². The first-order valence-electron chi connectivity index (χ1n) is 1.80. The van der Waals surface area contributed by atoms with Gasteiger partial charge in [-0.15, -0.1) is 11.6 Å². The van der Waals surface area contributed by atoms with Crippen LogP contribution in [0.5, 0.6) is 0 Å². The molecule has 1 aromatic rings. The molecule has 1 nitrogen and oxygen atoms in total. The van der Waals surface area contributed by atoms with Crippen molar-refractivity contribution in [2.24, 2.45) is 0 Å². The third-order valence-electron chi connectivity index (χ3n) is 0.581. The van der Waals surface area contributed by atoms with Crippen molar-refractivity contribution in [3.05, 3.63) is 17.1 Å². The zero-order valence-corrected chi connectivity index (χ0v) is 5.09. The lowest BCUT2D eigenvalue weighted by Crippen LogP contribution is -1.64. The summed E-state index contributed by atoms with van der Waals surface area (Å²) >= 11 is 6.78. The predicted octanol–water partition coefficient (Wildman–Crippen LogP) is 1.68. The Hall–Kier alpha value is -0.0800.